The molecule has 1 nitrogen and oxygen atoms in total. The van der Waals surface area contributed by atoms with Crippen molar-refractivity contribution in [2.75, 3.05) is 0 Å². The zero-order chi connectivity index (χ0) is 14.8. The normalized spacial score (nSPS) is 20.2. The van der Waals surface area contributed by atoms with Crippen molar-refractivity contribution in [1.29, 1.82) is 0 Å². The first-order valence-electron chi connectivity index (χ1n) is 8.94. The second kappa shape index (κ2) is 6.59. The lowest BCUT2D eigenvalue weighted by Crippen LogP contribution is -2.24. The highest BCUT2D eigenvalue weighted by molar-refractivity contribution is 7.66. The molecule has 0 atom stereocenters. The van der Waals surface area contributed by atoms with E-state index in [0.717, 1.165) is 11.3 Å². The average Bonchev–Trinajstić information content (AvgIpc) is 3.32. The smallest absolute Gasteiger partial charge is 0.0464 e. The molecule has 2 heteroatoms. The van der Waals surface area contributed by atoms with Gasteiger partial charge in [0.05, 0.1) is 0 Å². The first kappa shape index (κ1) is 14.5. The quantitative estimate of drug-likeness (QED) is 0.660. The number of nitrogens with zero attached hydrogens (tertiary/aromatic N) is 1. The van der Waals surface area contributed by atoms with Crippen molar-refractivity contribution in [2.45, 2.75) is 62.7 Å². The Labute approximate surface area is 135 Å². The largest absolute Gasteiger partial charge is 0.317 e. The Morgan fingerprint density at radius 1 is 0.727 bits per heavy atom. The van der Waals surface area contributed by atoms with Crippen LogP contribution in [0.15, 0.2) is 48.7 Å². The molecule has 4 rings (SSSR count). The molecule has 0 aliphatic heterocycles. The van der Waals surface area contributed by atoms with E-state index in [1.54, 1.807) is 5.44 Å². The van der Waals surface area contributed by atoms with E-state index in [2.05, 4.69) is 53.2 Å². The topological polar surface area (TPSA) is 4.93 Å². The summed E-state index contributed by atoms with van der Waals surface area (Å²) in [5, 5.41) is 0. The summed E-state index contributed by atoms with van der Waals surface area (Å²) in [5.41, 5.74) is 4.94. The van der Waals surface area contributed by atoms with E-state index in [9.17, 15) is 0 Å². The number of hydrogen-bond acceptors (Lipinski definition) is 0. The lowest BCUT2D eigenvalue weighted by atomic mass is 10.3. The van der Waals surface area contributed by atoms with Crippen LogP contribution in [0.1, 0.15) is 51.4 Å². The van der Waals surface area contributed by atoms with Crippen LogP contribution in [0.4, 0.5) is 0 Å². The van der Waals surface area contributed by atoms with E-state index in [0.29, 0.717) is 0 Å². The maximum Gasteiger partial charge on any atom is 0.0464 e. The molecule has 116 valence electrons. The van der Waals surface area contributed by atoms with E-state index in [4.69, 9.17) is 0 Å². The van der Waals surface area contributed by atoms with E-state index < -0.39 is 0 Å². The lowest BCUT2D eigenvalue weighted by Gasteiger charge is -2.31. The van der Waals surface area contributed by atoms with Gasteiger partial charge in [0.25, 0.3) is 0 Å². The first-order chi connectivity index (χ1) is 10.9. The van der Waals surface area contributed by atoms with Gasteiger partial charge in [0.15, 0.2) is 0 Å². The fraction of sp³-hybridized carbons (Fsp3) is 0.500. The summed E-state index contributed by atoms with van der Waals surface area (Å²) in [4.78, 5) is 0. The standard InChI is InChI=1S/C20H26NP/c1-2-9-17(10-3-1)21-16-8-15-20(21)22(18-11-4-5-12-18)19-13-6-7-14-19/h1-3,8-10,15-16,18-19H,4-7,11-14H2. The summed E-state index contributed by atoms with van der Waals surface area (Å²) in [7, 11) is -0.00244. The van der Waals surface area contributed by atoms with E-state index in [1.165, 1.54) is 57.1 Å². The van der Waals surface area contributed by atoms with Crippen molar-refractivity contribution in [1.82, 2.24) is 4.57 Å². The fourth-order valence-electron chi connectivity index (χ4n) is 4.43. The number of rotatable bonds is 4. The highest BCUT2D eigenvalue weighted by Crippen LogP contribution is 2.56. The van der Waals surface area contributed by atoms with Gasteiger partial charge in [-0.1, -0.05) is 51.8 Å². The van der Waals surface area contributed by atoms with Gasteiger partial charge in [0.2, 0.25) is 0 Å². The van der Waals surface area contributed by atoms with Gasteiger partial charge in [0, 0.05) is 17.3 Å². The molecular weight excluding hydrogens is 285 g/mol. The number of benzene rings is 1. The summed E-state index contributed by atoms with van der Waals surface area (Å²) >= 11 is 0. The van der Waals surface area contributed by atoms with Crippen LogP contribution in [-0.4, -0.2) is 15.9 Å². The molecular formula is C20H26NP. The van der Waals surface area contributed by atoms with Gasteiger partial charge in [-0.2, -0.15) is 0 Å². The third-order valence-corrected chi connectivity index (χ3v) is 8.96. The van der Waals surface area contributed by atoms with Crippen molar-refractivity contribution < 1.29 is 0 Å². The van der Waals surface area contributed by atoms with Crippen LogP contribution in [0.2, 0.25) is 0 Å². The summed E-state index contributed by atoms with van der Waals surface area (Å²) in [6.45, 7) is 0. The summed E-state index contributed by atoms with van der Waals surface area (Å²) < 4.78 is 2.49. The van der Waals surface area contributed by atoms with E-state index in [1.807, 2.05) is 0 Å². The highest BCUT2D eigenvalue weighted by Gasteiger charge is 2.35. The molecule has 2 aliphatic rings. The Kier molecular flexibility index (Phi) is 4.35. The molecule has 2 aromatic rings. The summed E-state index contributed by atoms with van der Waals surface area (Å²) in [6, 6.07) is 15.6. The average molecular weight is 311 g/mol. The summed E-state index contributed by atoms with van der Waals surface area (Å²) in [6.07, 6.45) is 14.0. The van der Waals surface area contributed by atoms with Gasteiger partial charge >= 0.3 is 0 Å². The van der Waals surface area contributed by atoms with Crippen LogP contribution in [0.5, 0.6) is 0 Å². The molecule has 0 unspecified atom stereocenters. The van der Waals surface area contributed by atoms with Crippen molar-refractivity contribution in [2.24, 2.45) is 0 Å². The number of aromatic nitrogens is 1. The van der Waals surface area contributed by atoms with Crippen LogP contribution >= 0.6 is 7.92 Å². The Bertz CT molecular complexity index is 575. The Morgan fingerprint density at radius 2 is 1.32 bits per heavy atom. The van der Waals surface area contributed by atoms with Gasteiger partial charge in [-0.05, 0) is 61.3 Å². The zero-order valence-corrected chi connectivity index (χ0v) is 14.2. The molecule has 2 saturated carbocycles. The van der Waals surface area contributed by atoms with Crippen molar-refractivity contribution in [3.8, 4) is 5.69 Å². The van der Waals surface area contributed by atoms with Crippen LogP contribution < -0.4 is 5.44 Å². The van der Waals surface area contributed by atoms with Gasteiger partial charge in [-0.3, -0.25) is 0 Å². The molecule has 0 bridgehead atoms. The molecule has 2 fully saturated rings. The van der Waals surface area contributed by atoms with Crippen molar-refractivity contribution >= 4 is 13.4 Å². The maximum absolute atomic E-state index is 2.49. The molecule has 0 amide bonds. The lowest BCUT2D eigenvalue weighted by molar-refractivity contribution is 0.832. The molecule has 0 N–H and O–H groups in total. The third kappa shape index (κ3) is 2.76. The highest BCUT2D eigenvalue weighted by atomic mass is 31.1. The van der Waals surface area contributed by atoms with Gasteiger partial charge < -0.3 is 4.57 Å². The molecule has 0 radical (unpaired) electrons. The van der Waals surface area contributed by atoms with Crippen molar-refractivity contribution in [3.63, 3.8) is 0 Å². The second-order valence-electron chi connectivity index (χ2n) is 6.86. The molecule has 0 spiro atoms. The minimum absolute atomic E-state index is 0.00244. The SMILES string of the molecule is c1ccc(-n2cccc2P(C2CCCC2)C2CCCC2)cc1. The van der Waals surface area contributed by atoms with E-state index in [-0.39, 0.29) is 7.92 Å². The predicted molar refractivity (Wildman–Crippen MR) is 96.8 cm³/mol. The minimum atomic E-state index is -0.00244. The molecule has 0 saturated heterocycles. The monoisotopic (exact) mass is 311 g/mol. The Morgan fingerprint density at radius 3 is 1.91 bits per heavy atom. The fourth-order valence-corrected chi connectivity index (χ4v) is 8.30. The van der Waals surface area contributed by atoms with Gasteiger partial charge in [-0.15, -0.1) is 0 Å². The molecule has 1 aromatic heterocycles. The van der Waals surface area contributed by atoms with Crippen LogP contribution in [0.3, 0.4) is 0 Å². The molecule has 1 aromatic carbocycles. The predicted octanol–water partition coefficient (Wildman–Crippen LogP) is 5.47. The summed E-state index contributed by atoms with van der Waals surface area (Å²) in [5.74, 6) is 0. The van der Waals surface area contributed by atoms with E-state index >= 15 is 0 Å². The molecule has 22 heavy (non-hydrogen) atoms. The zero-order valence-electron chi connectivity index (χ0n) is 13.3. The Balaban J connectivity index is 1.72. The second-order valence-corrected chi connectivity index (χ2v) is 9.59. The van der Waals surface area contributed by atoms with Gasteiger partial charge in [0.1, 0.15) is 0 Å². The van der Waals surface area contributed by atoms with Crippen molar-refractivity contribution in [3.05, 3.63) is 48.7 Å². The minimum Gasteiger partial charge on any atom is -0.317 e. The van der Waals surface area contributed by atoms with Crippen LogP contribution in [0, 0.1) is 0 Å². The third-order valence-electron chi connectivity index (χ3n) is 5.46. The number of hydrogen-bond donors (Lipinski definition) is 0. The first-order valence-corrected chi connectivity index (χ1v) is 10.4. The van der Waals surface area contributed by atoms with Crippen LogP contribution in [0.25, 0.3) is 5.69 Å². The molecule has 2 aliphatic carbocycles. The van der Waals surface area contributed by atoms with Crippen LogP contribution in [-0.2, 0) is 0 Å². The maximum atomic E-state index is 2.49. The molecule has 1 heterocycles. The van der Waals surface area contributed by atoms with Gasteiger partial charge in [-0.25, -0.2) is 0 Å². The Hall–Kier alpha value is -1.07. The number of para-hydroxylation sites is 1.